The Balaban J connectivity index is 1.51. The molecule has 4 aromatic rings. The fraction of sp³-hybridized carbons (Fsp3) is 0.174. The number of benzene rings is 2. The van der Waals surface area contributed by atoms with Gasteiger partial charge in [0.05, 0.1) is 22.8 Å². The monoisotopic (exact) mass is 452 g/mol. The number of thiazole rings is 1. The Kier molecular flexibility index (Phi) is 6.06. The predicted octanol–water partition coefficient (Wildman–Crippen LogP) is 5.04. The number of rotatable bonds is 6. The molecule has 0 bridgehead atoms. The number of halogens is 1. The molecule has 4 rings (SSSR count). The molecule has 0 saturated heterocycles. The third-order valence-electron chi connectivity index (χ3n) is 4.62. The van der Waals surface area contributed by atoms with Crippen LogP contribution < -0.4 is 10.6 Å². The van der Waals surface area contributed by atoms with Crippen molar-refractivity contribution in [3.8, 4) is 11.3 Å². The molecule has 0 aliphatic heterocycles. The molecule has 158 valence electrons. The van der Waals surface area contributed by atoms with Crippen molar-refractivity contribution in [2.24, 2.45) is 0 Å². The lowest BCUT2D eigenvalue weighted by molar-refractivity contribution is -0.115. The van der Waals surface area contributed by atoms with Crippen LogP contribution in [-0.2, 0) is 11.2 Å². The standard InChI is InChI=1S/C23H21ClN4O2S/c1-14(2)25-22(30)16-8-9-18(24)19(10-16)26-21(29)11-17-13-31-23-27-20(12-28(17)23)15-6-4-3-5-7-15/h3-10,12-14H,11H2,1-2H3,(H,25,30)(H,26,29). The van der Waals surface area contributed by atoms with Gasteiger partial charge in [0.1, 0.15) is 0 Å². The van der Waals surface area contributed by atoms with Crippen LogP contribution in [0.2, 0.25) is 5.02 Å². The van der Waals surface area contributed by atoms with Crippen LogP contribution in [0.25, 0.3) is 16.2 Å². The highest BCUT2D eigenvalue weighted by Gasteiger charge is 2.15. The summed E-state index contributed by atoms with van der Waals surface area (Å²) in [4.78, 5) is 30.4. The summed E-state index contributed by atoms with van der Waals surface area (Å²) < 4.78 is 1.93. The Morgan fingerprint density at radius 1 is 1.16 bits per heavy atom. The first-order chi connectivity index (χ1) is 14.9. The van der Waals surface area contributed by atoms with Crippen LogP contribution in [0.15, 0.2) is 60.1 Å². The Hall–Kier alpha value is -3.16. The molecule has 0 fully saturated rings. The van der Waals surface area contributed by atoms with E-state index in [1.54, 1.807) is 18.2 Å². The molecule has 0 saturated carbocycles. The van der Waals surface area contributed by atoms with Crippen LogP contribution in [0.5, 0.6) is 0 Å². The highest BCUT2D eigenvalue weighted by Crippen LogP contribution is 2.26. The van der Waals surface area contributed by atoms with Crippen molar-refractivity contribution in [3.05, 3.63) is 76.4 Å². The molecule has 0 unspecified atom stereocenters. The third kappa shape index (κ3) is 4.78. The van der Waals surface area contributed by atoms with E-state index in [9.17, 15) is 9.59 Å². The summed E-state index contributed by atoms with van der Waals surface area (Å²) in [5.74, 6) is -0.438. The summed E-state index contributed by atoms with van der Waals surface area (Å²) in [5.41, 5.74) is 3.56. The lowest BCUT2D eigenvalue weighted by Crippen LogP contribution is -2.30. The molecule has 2 aromatic carbocycles. The number of carbonyl (C=O) groups excluding carboxylic acids is 2. The van der Waals surface area contributed by atoms with Crippen molar-refractivity contribution in [3.63, 3.8) is 0 Å². The first-order valence-corrected chi connectivity index (χ1v) is 11.1. The van der Waals surface area contributed by atoms with Gasteiger partial charge in [0.25, 0.3) is 5.91 Å². The number of fused-ring (bicyclic) bond motifs is 1. The minimum atomic E-state index is -0.224. The fourth-order valence-corrected chi connectivity index (χ4v) is 4.21. The molecule has 2 heterocycles. The Bertz CT molecular complexity index is 1250. The number of hydrogen-bond acceptors (Lipinski definition) is 4. The van der Waals surface area contributed by atoms with Gasteiger partial charge in [-0.05, 0) is 32.0 Å². The minimum Gasteiger partial charge on any atom is -0.350 e. The summed E-state index contributed by atoms with van der Waals surface area (Å²) in [7, 11) is 0. The number of hydrogen-bond donors (Lipinski definition) is 2. The van der Waals surface area contributed by atoms with E-state index in [1.165, 1.54) is 11.3 Å². The number of anilines is 1. The molecule has 6 nitrogen and oxygen atoms in total. The highest BCUT2D eigenvalue weighted by molar-refractivity contribution is 7.15. The van der Waals surface area contributed by atoms with Gasteiger partial charge in [-0.15, -0.1) is 11.3 Å². The molecular formula is C23H21ClN4O2S. The Labute approximate surface area is 188 Å². The average Bonchev–Trinajstić information content (AvgIpc) is 3.32. The molecule has 2 amide bonds. The van der Waals surface area contributed by atoms with Crippen LogP contribution in [0.3, 0.4) is 0 Å². The molecule has 0 radical (unpaired) electrons. The fourth-order valence-electron chi connectivity index (χ4n) is 3.17. The second-order valence-electron chi connectivity index (χ2n) is 7.42. The average molecular weight is 453 g/mol. The first kappa shape index (κ1) is 21.1. The maximum Gasteiger partial charge on any atom is 0.251 e. The second-order valence-corrected chi connectivity index (χ2v) is 8.66. The molecule has 2 aromatic heterocycles. The van der Waals surface area contributed by atoms with Gasteiger partial charge in [-0.1, -0.05) is 41.9 Å². The summed E-state index contributed by atoms with van der Waals surface area (Å²) in [6.45, 7) is 3.77. The quantitative estimate of drug-likeness (QED) is 0.430. The molecule has 0 aliphatic rings. The van der Waals surface area contributed by atoms with E-state index in [2.05, 4.69) is 15.6 Å². The van der Waals surface area contributed by atoms with Crippen LogP contribution in [0.1, 0.15) is 29.9 Å². The lowest BCUT2D eigenvalue weighted by atomic mass is 10.1. The molecule has 0 spiro atoms. The van der Waals surface area contributed by atoms with Crippen molar-refractivity contribution in [1.29, 1.82) is 0 Å². The smallest absolute Gasteiger partial charge is 0.251 e. The summed E-state index contributed by atoms with van der Waals surface area (Å²) >= 11 is 7.72. The third-order valence-corrected chi connectivity index (χ3v) is 5.84. The number of amides is 2. The van der Waals surface area contributed by atoms with Gasteiger partial charge < -0.3 is 10.6 Å². The molecule has 31 heavy (non-hydrogen) atoms. The Morgan fingerprint density at radius 2 is 1.94 bits per heavy atom. The largest absolute Gasteiger partial charge is 0.350 e. The maximum atomic E-state index is 12.7. The summed E-state index contributed by atoms with van der Waals surface area (Å²) in [5, 5.41) is 7.94. The van der Waals surface area contributed by atoms with Crippen LogP contribution in [0.4, 0.5) is 5.69 Å². The number of carbonyl (C=O) groups is 2. The normalized spacial score (nSPS) is 11.1. The van der Waals surface area contributed by atoms with E-state index in [-0.39, 0.29) is 24.3 Å². The SMILES string of the molecule is CC(C)NC(=O)c1ccc(Cl)c(NC(=O)Cc2csc3nc(-c4ccccc4)cn23)c1. The van der Waals surface area contributed by atoms with Crippen molar-refractivity contribution < 1.29 is 9.59 Å². The van der Waals surface area contributed by atoms with Crippen molar-refractivity contribution in [2.45, 2.75) is 26.3 Å². The number of aromatic nitrogens is 2. The van der Waals surface area contributed by atoms with Crippen LogP contribution in [-0.4, -0.2) is 27.2 Å². The van der Waals surface area contributed by atoms with Crippen LogP contribution >= 0.6 is 22.9 Å². The zero-order valence-corrected chi connectivity index (χ0v) is 18.6. The van der Waals surface area contributed by atoms with E-state index < -0.39 is 0 Å². The topological polar surface area (TPSA) is 75.5 Å². The number of imidazole rings is 1. The zero-order chi connectivity index (χ0) is 22.0. The van der Waals surface area contributed by atoms with Crippen LogP contribution in [0, 0.1) is 0 Å². The highest BCUT2D eigenvalue weighted by atomic mass is 35.5. The van der Waals surface area contributed by atoms with E-state index in [0.717, 1.165) is 21.9 Å². The molecular weight excluding hydrogens is 432 g/mol. The van der Waals surface area contributed by atoms with Gasteiger partial charge in [0.15, 0.2) is 4.96 Å². The molecule has 8 heteroatoms. The predicted molar refractivity (Wildman–Crippen MR) is 125 cm³/mol. The van der Waals surface area contributed by atoms with Gasteiger partial charge in [0, 0.05) is 34.4 Å². The molecule has 2 N–H and O–H groups in total. The van der Waals surface area contributed by atoms with E-state index in [0.29, 0.717) is 16.3 Å². The Morgan fingerprint density at radius 3 is 2.68 bits per heavy atom. The van der Waals surface area contributed by atoms with E-state index in [1.807, 2.05) is 60.2 Å². The molecule has 0 aliphatic carbocycles. The van der Waals surface area contributed by atoms with E-state index in [4.69, 9.17) is 11.6 Å². The summed E-state index contributed by atoms with van der Waals surface area (Å²) in [6, 6.07) is 14.7. The van der Waals surface area contributed by atoms with Crippen molar-refractivity contribution >= 4 is 45.4 Å². The van der Waals surface area contributed by atoms with Gasteiger partial charge in [-0.25, -0.2) is 4.98 Å². The van der Waals surface area contributed by atoms with E-state index >= 15 is 0 Å². The van der Waals surface area contributed by atoms with Gasteiger partial charge >= 0.3 is 0 Å². The second kappa shape index (κ2) is 8.91. The number of nitrogens with zero attached hydrogens (tertiary/aromatic N) is 2. The number of nitrogens with one attached hydrogen (secondary N) is 2. The lowest BCUT2D eigenvalue weighted by Gasteiger charge is -2.11. The van der Waals surface area contributed by atoms with Gasteiger partial charge in [-0.2, -0.15) is 0 Å². The van der Waals surface area contributed by atoms with Crippen molar-refractivity contribution in [2.75, 3.05) is 5.32 Å². The zero-order valence-electron chi connectivity index (χ0n) is 17.1. The minimum absolute atomic E-state index is 0.0122. The van der Waals surface area contributed by atoms with Gasteiger partial charge in [0.2, 0.25) is 5.91 Å². The maximum absolute atomic E-state index is 12.7. The first-order valence-electron chi connectivity index (χ1n) is 9.82. The summed E-state index contributed by atoms with van der Waals surface area (Å²) in [6.07, 6.45) is 2.09. The van der Waals surface area contributed by atoms with Gasteiger partial charge in [-0.3, -0.25) is 14.0 Å². The van der Waals surface area contributed by atoms with Crippen molar-refractivity contribution in [1.82, 2.24) is 14.7 Å². The molecule has 0 atom stereocenters.